The average Bonchev–Trinajstić information content (AvgIpc) is 2.05. The zero-order chi connectivity index (χ0) is 10.3. The molecule has 0 aliphatic carbocycles. The predicted octanol–water partition coefficient (Wildman–Crippen LogP) is 1.98. The van der Waals surface area contributed by atoms with Crippen molar-refractivity contribution in [2.75, 3.05) is 0 Å². The Morgan fingerprint density at radius 2 is 2.00 bits per heavy atom. The molecule has 0 rings (SSSR count). The summed E-state index contributed by atoms with van der Waals surface area (Å²) in [7, 11) is 0. The Bertz CT molecular complexity index is 150. The van der Waals surface area contributed by atoms with Crippen molar-refractivity contribution in [3.63, 3.8) is 0 Å². The van der Waals surface area contributed by atoms with Gasteiger partial charge in [0.1, 0.15) is 6.10 Å². The van der Waals surface area contributed by atoms with Gasteiger partial charge in [0.15, 0.2) is 0 Å². The van der Waals surface area contributed by atoms with Gasteiger partial charge < -0.3 is 5.11 Å². The van der Waals surface area contributed by atoms with Gasteiger partial charge in [-0.25, -0.2) is 0 Å². The molecule has 1 N–H and O–H groups in total. The molecular weight excluding hydrogens is 170 g/mol. The zero-order valence-corrected chi connectivity index (χ0v) is 8.40. The average molecular weight is 189 g/mol. The summed E-state index contributed by atoms with van der Waals surface area (Å²) in [6.45, 7) is 3.80. The first-order valence-corrected chi connectivity index (χ1v) is 4.95. The second-order valence-corrected chi connectivity index (χ2v) is 3.32. The van der Waals surface area contributed by atoms with Crippen molar-refractivity contribution in [2.45, 2.75) is 58.1 Å². The Morgan fingerprint density at radius 1 is 1.38 bits per heavy atom. The molecule has 0 bridgehead atoms. The number of nitrogens with zero attached hydrogens (tertiary/aromatic N) is 1. The van der Waals surface area contributed by atoms with Crippen LogP contribution in [0.1, 0.15) is 46.0 Å². The topological polar surface area (TPSA) is 63.4 Å². The Hall–Kier alpha value is -0.640. The second-order valence-electron chi connectivity index (χ2n) is 3.32. The van der Waals surface area contributed by atoms with Crippen molar-refractivity contribution < 1.29 is 10.0 Å². The van der Waals surface area contributed by atoms with Crippen molar-refractivity contribution in [3.8, 4) is 0 Å². The van der Waals surface area contributed by atoms with Crippen molar-refractivity contribution >= 4 is 0 Å². The molecule has 0 saturated carbocycles. The van der Waals surface area contributed by atoms with E-state index in [4.69, 9.17) is 0 Å². The molecule has 0 radical (unpaired) electrons. The lowest BCUT2D eigenvalue weighted by atomic mass is 10.0. The van der Waals surface area contributed by atoms with Crippen LogP contribution in [-0.4, -0.2) is 22.2 Å². The molecule has 78 valence electrons. The molecule has 0 saturated heterocycles. The lowest BCUT2D eigenvalue weighted by molar-refractivity contribution is -0.534. The van der Waals surface area contributed by atoms with Crippen molar-refractivity contribution in [1.29, 1.82) is 0 Å². The lowest BCUT2D eigenvalue weighted by Crippen LogP contribution is -2.32. The van der Waals surface area contributed by atoms with E-state index < -0.39 is 12.1 Å². The molecule has 4 nitrogen and oxygen atoms in total. The summed E-state index contributed by atoms with van der Waals surface area (Å²) in [5, 5.41) is 19.9. The molecule has 0 aliphatic heterocycles. The van der Waals surface area contributed by atoms with Crippen molar-refractivity contribution in [1.82, 2.24) is 0 Å². The minimum absolute atomic E-state index is 0.378. The van der Waals surface area contributed by atoms with Crippen LogP contribution in [0, 0.1) is 10.1 Å². The normalized spacial score (nSPS) is 15.3. The van der Waals surface area contributed by atoms with E-state index in [9.17, 15) is 15.2 Å². The minimum Gasteiger partial charge on any atom is -0.386 e. The molecule has 0 fully saturated rings. The molecule has 0 unspecified atom stereocenters. The van der Waals surface area contributed by atoms with Crippen molar-refractivity contribution in [3.05, 3.63) is 10.1 Å². The van der Waals surface area contributed by atoms with Crippen LogP contribution < -0.4 is 0 Å². The molecule has 0 aromatic heterocycles. The van der Waals surface area contributed by atoms with E-state index in [0.29, 0.717) is 12.8 Å². The number of nitro groups is 1. The third-order valence-corrected chi connectivity index (χ3v) is 2.24. The first-order chi connectivity index (χ1) is 6.13. The van der Waals surface area contributed by atoms with Crippen molar-refractivity contribution in [2.24, 2.45) is 0 Å². The van der Waals surface area contributed by atoms with Crippen LogP contribution in [0.15, 0.2) is 0 Å². The van der Waals surface area contributed by atoms with Gasteiger partial charge in [0.25, 0.3) is 0 Å². The summed E-state index contributed by atoms with van der Waals surface area (Å²) in [4.78, 5) is 10.1. The predicted molar refractivity (Wildman–Crippen MR) is 51.2 cm³/mol. The fourth-order valence-corrected chi connectivity index (χ4v) is 1.36. The first-order valence-electron chi connectivity index (χ1n) is 4.95. The molecule has 0 aromatic carbocycles. The van der Waals surface area contributed by atoms with E-state index in [1.54, 1.807) is 6.92 Å². The summed E-state index contributed by atoms with van der Waals surface area (Å²) in [6, 6.07) is -0.781. The first kappa shape index (κ1) is 12.4. The molecule has 13 heavy (non-hydrogen) atoms. The number of hydrogen-bond acceptors (Lipinski definition) is 3. The molecule has 0 aromatic rings. The van der Waals surface area contributed by atoms with Crippen LogP contribution in [-0.2, 0) is 0 Å². The maximum absolute atomic E-state index is 10.5. The highest BCUT2D eigenvalue weighted by Crippen LogP contribution is 2.11. The Morgan fingerprint density at radius 3 is 2.38 bits per heavy atom. The number of rotatable bonds is 7. The van der Waals surface area contributed by atoms with Crippen LogP contribution in [0.5, 0.6) is 0 Å². The third-order valence-electron chi connectivity index (χ3n) is 2.24. The lowest BCUT2D eigenvalue weighted by Gasteiger charge is -2.13. The monoisotopic (exact) mass is 189 g/mol. The second kappa shape index (κ2) is 6.83. The summed E-state index contributed by atoms with van der Waals surface area (Å²) < 4.78 is 0. The highest BCUT2D eigenvalue weighted by molar-refractivity contribution is 4.66. The maximum atomic E-state index is 10.5. The van der Waals surface area contributed by atoms with Crippen LogP contribution in [0.4, 0.5) is 0 Å². The number of unbranched alkanes of at least 4 members (excludes halogenated alkanes) is 2. The minimum atomic E-state index is -0.781. The molecule has 2 atom stereocenters. The van der Waals surface area contributed by atoms with Crippen LogP contribution in [0.3, 0.4) is 0 Å². The SMILES string of the molecule is CCCCC[C@@H](O)[C@H](CC)[N+](=O)[O-]. The van der Waals surface area contributed by atoms with Gasteiger partial charge in [0.05, 0.1) is 0 Å². The molecular formula is C9H19NO3. The fourth-order valence-electron chi connectivity index (χ4n) is 1.36. The Kier molecular flexibility index (Phi) is 6.49. The van der Waals surface area contributed by atoms with Gasteiger partial charge in [0, 0.05) is 11.3 Å². The van der Waals surface area contributed by atoms with E-state index in [2.05, 4.69) is 6.92 Å². The Labute approximate surface area is 79.1 Å². The van der Waals surface area contributed by atoms with E-state index in [0.717, 1.165) is 19.3 Å². The molecule has 0 aliphatic rings. The van der Waals surface area contributed by atoms with Crippen LogP contribution >= 0.6 is 0 Å². The van der Waals surface area contributed by atoms with E-state index >= 15 is 0 Å². The van der Waals surface area contributed by atoms with E-state index in [-0.39, 0.29) is 4.92 Å². The summed E-state index contributed by atoms with van der Waals surface area (Å²) in [6.07, 6.45) is 3.16. The zero-order valence-electron chi connectivity index (χ0n) is 8.40. The summed E-state index contributed by atoms with van der Waals surface area (Å²) in [5.41, 5.74) is 0. The molecule has 0 spiro atoms. The fraction of sp³-hybridized carbons (Fsp3) is 1.00. The highest BCUT2D eigenvalue weighted by atomic mass is 16.6. The largest absolute Gasteiger partial charge is 0.386 e. The van der Waals surface area contributed by atoms with Gasteiger partial charge in [-0.3, -0.25) is 10.1 Å². The standard InChI is InChI=1S/C9H19NO3/c1-3-5-6-7-9(11)8(4-2)10(12)13/h8-9,11H,3-7H2,1-2H3/t8-,9+/m0/s1. The molecule has 0 amide bonds. The quantitative estimate of drug-likeness (QED) is 0.378. The van der Waals surface area contributed by atoms with Crippen LogP contribution in [0.2, 0.25) is 0 Å². The smallest absolute Gasteiger partial charge is 0.238 e. The maximum Gasteiger partial charge on any atom is 0.238 e. The van der Waals surface area contributed by atoms with Gasteiger partial charge in [-0.15, -0.1) is 0 Å². The van der Waals surface area contributed by atoms with E-state index in [1.165, 1.54) is 0 Å². The number of aliphatic hydroxyl groups is 1. The highest BCUT2D eigenvalue weighted by Gasteiger charge is 2.26. The Balaban J connectivity index is 3.77. The number of aliphatic hydroxyl groups excluding tert-OH is 1. The van der Waals surface area contributed by atoms with Gasteiger partial charge >= 0.3 is 0 Å². The summed E-state index contributed by atoms with van der Waals surface area (Å²) >= 11 is 0. The van der Waals surface area contributed by atoms with Gasteiger partial charge in [0.2, 0.25) is 6.04 Å². The third kappa shape index (κ3) is 4.83. The molecule has 0 heterocycles. The summed E-state index contributed by atoms with van der Waals surface area (Å²) in [5.74, 6) is 0. The van der Waals surface area contributed by atoms with Crippen LogP contribution in [0.25, 0.3) is 0 Å². The number of hydrogen-bond donors (Lipinski definition) is 1. The van der Waals surface area contributed by atoms with Gasteiger partial charge in [-0.1, -0.05) is 33.1 Å². The van der Waals surface area contributed by atoms with Gasteiger partial charge in [-0.2, -0.15) is 0 Å². The van der Waals surface area contributed by atoms with E-state index in [1.807, 2.05) is 0 Å². The van der Waals surface area contributed by atoms with Gasteiger partial charge in [-0.05, 0) is 6.42 Å². The molecule has 4 heteroatoms.